The third-order valence-corrected chi connectivity index (χ3v) is 2.73. The Morgan fingerprint density at radius 3 is 2.90 bits per heavy atom. The highest BCUT2D eigenvalue weighted by Gasteiger charge is 2.27. The van der Waals surface area contributed by atoms with Crippen LogP contribution in [0.25, 0.3) is 0 Å². The fraction of sp³-hybridized carbons (Fsp3) is 0.545. The van der Waals surface area contributed by atoms with Crippen LogP contribution in [0, 0.1) is 0 Å². The molecule has 1 aromatic rings. The van der Waals surface area contributed by atoms with E-state index in [0.29, 0.717) is 13.0 Å². The molecule has 108 valence electrons. The SMILES string of the molecule is CCCOc1nc(Cl)nc(NC2CCC(=O)NC2=O)n1. The second kappa shape index (κ2) is 6.47. The summed E-state index contributed by atoms with van der Waals surface area (Å²) in [5.41, 5.74) is 0. The molecule has 1 aliphatic rings. The number of ether oxygens (including phenoxy) is 1. The number of anilines is 1. The molecule has 1 aromatic heterocycles. The number of hydrogen-bond acceptors (Lipinski definition) is 7. The molecule has 2 heterocycles. The Morgan fingerprint density at radius 2 is 2.20 bits per heavy atom. The number of imide groups is 1. The largest absolute Gasteiger partial charge is 0.463 e. The van der Waals surface area contributed by atoms with E-state index < -0.39 is 11.9 Å². The molecule has 0 spiro atoms. The van der Waals surface area contributed by atoms with Gasteiger partial charge < -0.3 is 10.1 Å². The molecule has 0 aliphatic carbocycles. The quantitative estimate of drug-likeness (QED) is 0.764. The van der Waals surface area contributed by atoms with Crippen molar-refractivity contribution in [3.8, 4) is 6.01 Å². The van der Waals surface area contributed by atoms with E-state index in [1.807, 2.05) is 6.92 Å². The number of amides is 2. The van der Waals surface area contributed by atoms with Crippen LogP contribution in [-0.4, -0.2) is 39.4 Å². The molecule has 0 bridgehead atoms. The van der Waals surface area contributed by atoms with Gasteiger partial charge in [-0.2, -0.15) is 15.0 Å². The molecular weight excluding hydrogens is 286 g/mol. The second-order valence-corrected chi connectivity index (χ2v) is 4.55. The summed E-state index contributed by atoms with van der Waals surface area (Å²) >= 11 is 5.77. The number of carbonyl (C=O) groups is 2. The Hall–Kier alpha value is -1.96. The van der Waals surface area contributed by atoms with Gasteiger partial charge in [0.1, 0.15) is 6.04 Å². The van der Waals surface area contributed by atoms with E-state index in [0.717, 1.165) is 6.42 Å². The molecule has 8 nitrogen and oxygen atoms in total. The maximum absolute atomic E-state index is 11.6. The van der Waals surface area contributed by atoms with Gasteiger partial charge in [-0.15, -0.1) is 0 Å². The molecule has 1 saturated heterocycles. The van der Waals surface area contributed by atoms with Crippen molar-refractivity contribution in [2.75, 3.05) is 11.9 Å². The third kappa shape index (κ3) is 3.77. The van der Waals surface area contributed by atoms with Gasteiger partial charge in [0, 0.05) is 6.42 Å². The summed E-state index contributed by atoms with van der Waals surface area (Å²) in [7, 11) is 0. The first kappa shape index (κ1) is 14.4. The van der Waals surface area contributed by atoms with Crippen LogP contribution < -0.4 is 15.4 Å². The van der Waals surface area contributed by atoms with Crippen LogP contribution in [0.15, 0.2) is 0 Å². The third-order valence-electron chi connectivity index (χ3n) is 2.57. The molecule has 0 aromatic carbocycles. The van der Waals surface area contributed by atoms with Gasteiger partial charge in [0.25, 0.3) is 0 Å². The number of hydrogen-bond donors (Lipinski definition) is 2. The Labute approximate surface area is 120 Å². The standard InChI is InChI=1S/C11H14ClN5O3/c1-2-5-20-11-16-9(12)15-10(17-11)13-6-3-4-7(18)14-8(6)19/h6H,2-5H2,1H3,(H,14,18,19)(H,13,15,16,17). The van der Waals surface area contributed by atoms with Crippen LogP contribution in [-0.2, 0) is 9.59 Å². The van der Waals surface area contributed by atoms with Crippen molar-refractivity contribution < 1.29 is 14.3 Å². The van der Waals surface area contributed by atoms with Crippen molar-refractivity contribution in [1.29, 1.82) is 0 Å². The monoisotopic (exact) mass is 299 g/mol. The molecule has 9 heteroatoms. The average molecular weight is 300 g/mol. The maximum atomic E-state index is 11.6. The van der Waals surface area contributed by atoms with Crippen molar-refractivity contribution in [2.45, 2.75) is 32.2 Å². The summed E-state index contributed by atoms with van der Waals surface area (Å²) in [6.45, 7) is 2.41. The first-order valence-electron chi connectivity index (χ1n) is 6.23. The first-order chi connectivity index (χ1) is 9.58. The fourth-order valence-corrected chi connectivity index (χ4v) is 1.79. The van der Waals surface area contributed by atoms with Gasteiger partial charge in [-0.3, -0.25) is 14.9 Å². The van der Waals surface area contributed by atoms with Gasteiger partial charge in [-0.25, -0.2) is 0 Å². The van der Waals surface area contributed by atoms with Gasteiger partial charge in [-0.05, 0) is 24.4 Å². The predicted octanol–water partition coefficient (Wildman–Crippen LogP) is 0.531. The van der Waals surface area contributed by atoms with Crippen LogP contribution in [0.5, 0.6) is 6.01 Å². The molecule has 2 amide bonds. The molecule has 1 fully saturated rings. The smallest absolute Gasteiger partial charge is 0.322 e. The minimum absolute atomic E-state index is 0.0269. The van der Waals surface area contributed by atoms with Gasteiger partial charge >= 0.3 is 6.01 Å². The number of piperidine rings is 1. The molecule has 2 rings (SSSR count). The van der Waals surface area contributed by atoms with E-state index in [1.165, 1.54) is 0 Å². The number of halogens is 1. The zero-order valence-corrected chi connectivity index (χ0v) is 11.6. The minimum Gasteiger partial charge on any atom is -0.463 e. The average Bonchev–Trinajstić information content (AvgIpc) is 2.39. The topological polar surface area (TPSA) is 106 Å². The van der Waals surface area contributed by atoms with Crippen molar-refractivity contribution in [3.63, 3.8) is 0 Å². The Kier molecular flexibility index (Phi) is 4.67. The minimum atomic E-state index is -0.579. The van der Waals surface area contributed by atoms with Gasteiger partial charge in [0.05, 0.1) is 6.61 Å². The van der Waals surface area contributed by atoms with E-state index in [4.69, 9.17) is 16.3 Å². The molecule has 1 atom stereocenters. The zero-order chi connectivity index (χ0) is 14.5. The Bertz CT molecular complexity index is 525. The lowest BCUT2D eigenvalue weighted by molar-refractivity contribution is -0.133. The van der Waals surface area contributed by atoms with Gasteiger partial charge in [0.2, 0.25) is 23.0 Å². The van der Waals surface area contributed by atoms with Crippen LogP contribution >= 0.6 is 11.6 Å². The van der Waals surface area contributed by atoms with E-state index in [1.54, 1.807) is 0 Å². The van der Waals surface area contributed by atoms with Crippen molar-refractivity contribution in [3.05, 3.63) is 5.28 Å². The van der Waals surface area contributed by atoms with E-state index in [9.17, 15) is 9.59 Å². The molecule has 1 aliphatic heterocycles. The van der Waals surface area contributed by atoms with Crippen LogP contribution in [0.2, 0.25) is 5.28 Å². The van der Waals surface area contributed by atoms with Crippen LogP contribution in [0.3, 0.4) is 0 Å². The maximum Gasteiger partial charge on any atom is 0.322 e. The van der Waals surface area contributed by atoms with Crippen molar-refractivity contribution >= 4 is 29.4 Å². The zero-order valence-electron chi connectivity index (χ0n) is 10.9. The number of carbonyl (C=O) groups excluding carboxylic acids is 2. The van der Waals surface area contributed by atoms with Crippen LogP contribution in [0.4, 0.5) is 5.95 Å². The fourth-order valence-electron chi connectivity index (χ4n) is 1.64. The Balaban J connectivity index is 2.06. The number of nitrogens with one attached hydrogen (secondary N) is 2. The molecule has 2 N–H and O–H groups in total. The highest BCUT2D eigenvalue weighted by Crippen LogP contribution is 2.15. The number of aromatic nitrogens is 3. The van der Waals surface area contributed by atoms with Crippen LogP contribution in [0.1, 0.15) is 26.2 Å². The van der Waals surface area contributed by atoms with E-state index in [-0.39, 0.29) is 29.6 Å². The van der Waals surface area contributed by atoms with E-state index in [2.05, 4.69) is 25.6 Å². The molecule has 20 heavy (non-hydrogen) atoms. The normalized spacial score (nSPS) is 18.6. The molecule has 0 radical (unpaired) electrons. The summed E-state index contributed by atoms with van der Waals surface area (Å²) in [4.78, 5) is 34.4. The summed E-state index contributed by atoms with van der Waals surface area (Å²) in [6.07, 6.45) is 1.44. The predicted molar refractivity (Wildman–Crippen MR) is 70.4 cm³/mol. The lowest BCUT2D eigenvalue weighted by Gasteiger charge is -2.21. The lowest BCUT2D eigenvalue weighted by Crippen LogP contribution is -2.47. The second-order valence-electron chi connectivity index (χ2n) is 4.21. The molecule has 0 saturated carbocycles. The highest BCUT2D eigenvalue weighted by molar-refractivity contribution is 6.28. The van der Waals surface area contributed by atoms with Crippen molar-refractivity contribution in [1.82, 2.24) is 20.3 Å². The number of rotatable bonds is 5. The summed E-state index contributed by atoms with van der Waals surface area (Å²) in [5, 5.41) is 5.03. The lowest BCUT2D eigenvalue weighted by atomic mass is 10.1. The van der Waals surface area contributed by atoms with Crippen molar-refractivity contribution in [2.24, 2.45) is 0 Å². The number of nitrogens with zero attached hydrogens (tertiary/aromatic N) is 3. The summed E-state index contributed by atoms with van der Waals surface area (Å²) in [5.74, 6) is -0.548. The first-order valence-corrected chi connectivity index (χ1v) is 6.61. The Morgan fingerprint density at radius 1 is 1.40 bits per heavy atom. The molecule has 1 unspecified atom stereocenters. The van der Waals surface area contributed by atoms with Gasteiger partial charge in [0.15, 0.2) is 0 Å². The highest BCUT2D eigenvalue weighted by atomic mass is 35.5. The van der Waals surface area contributed by atoms with Gasteiger partial charge in [-0.1, -0.05) is 6.92 Å². The summed E-state index contributed by atoms with van der Waals surface area (Å²) in [6, 6.07) is -0.480. The summed E-state index contributed by atoms with van der Waals surface area (Å²) < 4.78 is 5.27. The van der Waals surface area contributed by atoms with E-state index >= 15 is 0 Å². The molecular formula is C11H14ClN5O3.